The molecule has 82 valence electrons. The van der Waals surface area contributed by atoms with E-state index in [4.69, 9.17) is 5.26 Å². The molecule has 0 fully saturated rings. The second-order valence-electron chi connectivity index (χ2n) is 2.82. The Morgan fingerprint density at radius 1 is 1.44 bits per heavy atom. The Kier molecular flexibility index (Phi) is 4.42. The van der Waals surface area contributed by atoms with Crippen LogP contribution in [0.4, 0.5) is 5.69 Å². The maximum Gasteiger partial charge on any atom is 0.351 e. The highest BCUT2D eigenvalue weighted by Gasteiger charge is 2.13. The molecular formula is C11H10N2O2S. The number of esters is 1. The van der Waals surface area contributed by atoms with Crippen LogP contribution in [-0.4, -0.2) is 13.1 Å². The van der Waals surface area contributed by atoms with Gasteiger partial charge in [0.15, 0.2) is 5.57 Å². The largest absolute Gasteiger partial charge is 0.465 e. The number of anilines is 1. The van der Waals surface area contributed by atoms with Crippen molar-refractivity contribution in [3.63, 3.8) is 0 Å². The van der Waals surface area contributed by atoms with E-state index in [1.807, 2.05) is 18.2 Å². The predicted octanol–water partition coefficient (Wildman–Crippen LogP) is 1.94. The van der Waals surface area contributed by atoms with Crippen LogP contribution in [0.15, 0.2) is 40.9 Å². The van der Waals surface area contributed by atoms with Gasteiger partial charge in [0.2, 0.25) is 0 Å². The Morgan fingerprint density at radius 3 is 2.56 bits per heavy atom. The van der Waals surface area contributed by atoms with E-state index in [0.29, 0.717) is 0 Å². The van der Waals surface area contributed by atoms with Crippen LogP contribution in [0, 0.1) is 11.3 Å². The fraction of sp³-hybridized carbons (Fsp3) is 0.0909. The first-order chi connectivity index (χ1) is 7.69. The SMILES string of the molecule is COC(=O)/C(C#N)=C(/S)Nc1ccccc1. The number of nitriles is 1. The molecule has 1 aromatic carbocycles. The van der Waals surface area contributed by atoms with Crippen molar-refractivity contribution in [2.75, 3.05) is 12.4 Å². The molecule has 5 heteroatoms. The summed E-state index contributed by atoms with van der Waals surface area (Å²) >= 11 is 4.06. The van der Waals surface area contributed by atoms with Crippen LogP contribution < -0.4 is 5.32 Å². The first-order valence-corrected chi connectivity index (χ1v) is 4.87. The highest BCUT2D eigenvalue weighted by molar-refractivity contribution is 7.84. The van der Waals surface area contributed by atoms with Crippen LogP contribution in [0.5, 0.6) is 0 Å². The van der Waals surface area contributed by atoms with Crippen LogP contribution in [-0.2, 0) is 9.53 Å². The van der Waals surface area contributed by atoms with E-state index in [-0.39, 0.29) is 10.6 Å². The minimum atomic E-state index is -0.712. The standard InChI is InChI=1S/C11H10N2O2S/c1-15-11(14)9(7-12)10(16)13-8-5-3-2-4-6-8/h2-6,13,16H,1H3/b10-9+. The number of methoxy groups -OCH3 is 1. The zero-order valence-electron chi connectivity index (χ0n) is 8.60. The molecule has 0 heterocycles. The fourth-order valence-electron chi connectivity index (χ4n) is 1.02. The number of rotatable bonds is 3. The molecule has 0 atom stereocenters. The monoisotopic (exact) mass is 234 g/mol. The van der Waals surface area contributed by atoms with Gasteiger partial charge in [-0.1, -0.05) is 18.2 Å². The molecule has 0 amide bonds. The van der Waals surface area contributed by atoms with Crippen LogP contribution in [0.2, 0.25) is 0 Å². The highest BCUT2D eigenvalue weighted by Crippen LogP contribution is 2.15. The van der Waals surface area contributed by atoms with Crippen LogP contribution in [0.1, 0.15) is 0 Å². The molecule has 0 saturated carbocycles. The van der Waals surface area contributed by atoms with Crippen LogP contribution >= 0.6 is 12.6 Å². The van der Waals surface area contributed by atoms with Gasteiger partial charge < -0.3 is 10.1 Å². The third-order valence-electron chi connectivity index (χ3n) is 1.77. The van der Waals surface area contributed by atoms with Crippen LogP contribution in [0.3, 0.4) is 0 Å². The summed E-state index contributed by atoms with van der Waals surface area (Å²) in [4.78, 5) is 11.2. The average Bonchev–Trinajstić information content (AvgIpc) is 2.31. The molecule has 16 heavy (non-hydrogen) atoms. The van der Waals surface area contributed by atoms with Gasteiger partial charge in [0.25, 0.3) is 0 Å². The number of benzene rings is 1. The average molecular weight is 234 g/mol. The topological polar surface area (TPSA) is 62.1 Å². The number of para-hydroxylation sites is 1. The molecule has 1 N–H and O–H groups in total. The lowest BCUT2D eigenvalue weighted by Gasteiger charge is -2.06. The Labute approximate surface area is 98.9 Å². The van der Waals surface area contributed by atoms with Crippen molar-refractivity contribution in [3.05, 3.63) is 40.9 Å². The highest BCUT2D eigenvalue weighted by atomic mass is 32.1. The normalized spacial score (nSPS) is 11.1. The van der Waals surface area contributed by atoms with Gasteiger partial charge >= 0.3 is 5.97 Å². The quantitative estimate of drug-likeness (QED) is 0.363. The summed E-state index contributed by atoms with van der Waals surface area (Å²) in [6.45, 7) is 0. The number of ether oxygens (including phenoxy) is 1. The number of hydrogen-bond acceptors (Lipinski definition) is 5. The van der Waals surface area contributed by atoms with Crippen LogP contribution in [0.25, 0.3) is 0 Å². The molecule has 0 aliphatic rings. The molecule has 0 aromatic heterocycles. The van der Waals surface area contributed by atoms with Gasteiger partial charge in [0.05, 0.1) is 12.1 Å². The number of nitrogens with zero attached hydrogens (tertiary/aromatic N) is 1. The van der Waals surface area contributed by atoms with Gasteiger partial charge in [-0.15, -0.1) is 12.6 Å². The summed E-state index contributed by atoms with van der Waals surface area (Å²) < 4.78 is 4.45. The van der Waals surface area contributed by atoms with E-state index >= 15 is 0 Å². The van der Waals surface area contributed by atoms with Crippen molar-refractivity contribution in [1.82, 2.24) is 0 Å². The van der Waals surface area contributed by atoms with Crippen molar-refractivity contribution < 1.29 is 9.53 Å². The smallest absolute Gasteiger partial charge is 0.351 e. The van der Waals surface area contributed by atoms with Crippen molar-refractivity contribution in [2.45, 2.75) is 0 Å². The van der Waals surface area contributed by atoms with E-state index in [9.17, 15) is 4.79 Å². The number of carbonyl (C=O) groups excluding carboxylic acids is 1. The summed E-state index contributed by atoms with van der Waals surface area (Å²) in [5.74, 6) is -0.712. The van der Waals surface area contributed by atoms with E-state index < -0.39 is 5.97 Å². The van der Waals surface area contributed by atoms with E-state index in [1.54, 1.807) is 18.2 Å². The Hall–Kier alpha value is -1.93. The van der Waals surface area contributed by atoms with Crippen molar-refractivity contribution >= 4 is 24.3 Å². The molecule has 0 bridgehead atoms. The van der Waals surface area contributed by atoms with Crippen molar-refractivity contribution in [2.24, 2.45) is 0 Å². The molecule has 1 rings (SSSR count). The third-order valence-corrected chi connectivity index (χ3v) is 2.11. The van der Waals surface area contributed by atoms with Crippen molar-refractivity contribution in [3.8, 4) is 6.07 Å². The van der Waals surface area contributed by atoms with E-state index in [1.165, 1.54) is 7.11 Å². The molecular weight excluding hydrogens is 224 g/mol. The summed E-state index contributed by atoms with van der Waals surface area (Å²) in [5, 5.41) is 11.8. The van der Waals surface area contributed by atoms with Gasteiger partial charge in [0.1, 0.15) is 6.07 Å². The van der Waals surface area contributed by atoms with Gasteiger partial charge in [-0.2, -0.15) is 5.26 Å². The van der Waals surface area contributed by atoms with E-state index in [0.717, 1.165) is 5.69 Å². The molecule has 4 nitrogen and oxygen atoms in total. The lowest BCUT2D eigenvalue weighted by Crippen LogP contribution is -2.08. The second-order valence-corrected chi connectivity index (χ2v) is 3.27. The van der Waals surface area contributed by atoms with Gasteiger partial charge in [0, 0.05) is 5.69 Å². The molecule has 0 spiro atoms. The van der Waals surface area contributed by atoms with Crippen molar-refractivity contribution in [1.29, 1.82) is 5.26 Å². The first kappa shape index (κ1) is 12.1. The summed E-state index contributed by atoms with van der Waals surface area (Å²) in [5.41, 5.74) is 0.582. The van der Waals surface area contributed by atoms with Gasteiger partial charge in [-0.05, 0) is 12.1 Å². The predicted molar refractivity (Wildman–Crippen MR) is 63.7 cm³/mol. The van der Waals surface area contributed by atoms with Gasteiger partial charge in [-0.3, -0.25) is 0 Å². The first-order valence-electron chi connectivity index (χ1n) is 4.42. The summed E-state index contributed by atoms with van der Waals surface area (Å²) in [7, 11) is 1.21. The van der Waals surface area contributed by atoms with E-state index in [2.05, 4.69) is 22.7 Å². The minimum absolute atomic E-state index is 0.158. The molecule has 0 radical (unpaired) electrons. The third kappa shape index (κ3) is 3.04. The Balaban J connectivity index is 2.92. The lowest BCUT2D eigenvalue weighted by atomic mass is 10.3. The zero-order valence-corrected chi connectivity index (χ0v) is 9.49. The Morgan fingerprint density at radius 2 is 2.06 bits per heavy atom. The number of carbonyl (C=O) groups is 1. The summed E-state index contributed by atoms with van der Waals surface area (Å²) in [6.07, 6.45) is 0. The molecule has 0 aliphatic carbocycles. The fourth-order valence-corrected chi connectivity index (χ4v) is 1.29. The maximum atomic E-state index is 11.2. The molecule has 0 unspecified atom stereocenters. The van der Waals surface area contributed by atoms with Gasteiger partial charge in [-0.25, -0.2) is 4.79 Å². The lowest BCUT2D eigenvalue weighted by molar-refractivity contribution is -0.135. The second kappa shape index (κ2) is 5.83. The molecule has 0 saturated heterocycles. The molecule has 1 aromatic rings. The minimum Gasteiger partial charge on any atom is -0.465 e. The molecule has 0 aliphatic heterocycles. The Bertz CT molecular complexity index is 449. The maximum absolute atomic E-state index is 11.2. The summed E-state index contributed by atoms with van der Waals surface area (Å²) in [6, 6.07) is 10.8. The zero-order chi connectivity index (χ0) is 12.0. The number of nitrogens with one attached hydrogen (secondary N) is 1. The number of thiol groups is 1. The number of hydrogen-bond donors (Lipinski definition) is 2.